The number of Topliss-reactive ketones (excluding diaryl/α,β-unsaturated/α-hetero) is 1. The molecule has 1 heterocycles. The molecule has 0 atom stereocenters. The van der Waals surface area contributed by atoms with Gasteiger partial charge in [-0.25, -0.2) is 0 Å². The first-order valence-corrected chi connectivity index (χ1v) is 8.80. The van der Waals surface area contributed by atoms with Gasteiger partial charge in [-0.3, -0.25) is 4.79 Å². The average molecular weight is 369 g/mol. The van der Waals surface area contributed by atoms with Gasteiger partial charge in [0.05, 0.1) is 5.69 Å². The Bertz CT molecular complexity index is 939. The predicted octanol–water partition coefficient (Wildman–Crippen LogP) is 4.91. The summed E-state index contributed by atoms with van der Waals surface area (Å²) in [5, 5.41) is 12.4. The van der Waals surface area contributed by atoms with E-state index in [1.54, 1.807) is 4.68 Å². The topological polar surface area (TPSA) is 60.7 Å². The molecule has 3 aromatic rings. The number of halogens is 1. The van der Waals surface area contributed by atoms with Crippen molar-refractivity contribution in [2.24, 2.45) is 5.41 Å². The Morgan fingerprint density at radius 1 is 1.08 bits per heavy atom. The monoisotopic (exact) mass is 368 g/mol. The minimum absolute atomic E-state index is 0.0851. The van der Waals surface area contributed by atoms with E-state index in [0.717, 1.165) is 16.8 Å². The first kappa shape index (κ1) is 18.3. The number of aryl methyl sites for hydroxylation is 1. The zero-order valence-corrected chi connectivity index (χ0v) is 16.1. The van der Waals surface area contributed by atoms with E-state index in [9.17, 15) is 4.79 Å². The molecule has 0 bridgehead atoms. The summed E-state index contributed by atoms with van der Waals surface area (Å²) >= 11 is 6.00. The zero-order valence-electron chi connectivity index (χ0n) is 15.3. The Balaban J connectivity index is 2.12. The van der Waals surface area contributed by atoms with Gasteiger partial charge < -0.3 is 0 Å². The van der Waals surface area contributed by atoms with E-state index in [1.807, 2.05) is 49.4 Å². The maximum absolute atomic E-state index is 12.8. The fourth-order valence-corrected chi connectivity index (χ4v) is 2.88. The summed E-state index contributed by atoms with van der Waals surface area (Å²) in [4.78, 5) is 12.8. The summed E-state index contributed by atoms with van der Waals surface area (Å²) in [6.45, 7) is 7.99. The van der Waals surface area contributed by atoms with E-state index in [1.165, 1.54) is 0 Å². The quantitative estimate of drug-likeness (QED) is 0.614. The maximum atomic E-state index is 12.8. The van der Waals surface area contributed by atoms with Crippen molar-refractivity contribution < 1.29 is 4.79 Å². The molecule has 0 N–H and O–H groups in total. The lowest BCUT2D eigenvalue weighted by Gasteiger charge is -2.17. The van der Waals surface area contributed by atoms with E-state index < -0.39 is 0 Å². The lowest BCUT2D eigenvalue weighted by atomic mass is 9.87. The van der Waals surface area contributed by atoms with Gasteiger partial charge in [-0.1, -0.05) is 44.5 Å². The molecule has 3 rings (SSSR count). The fourth-order valence-electron chi connectivity index (χ4n) is 2.76. The second-order valence-electron chi connectivity index (χ2n) is 7.57. The van der Waals surface area contributed by atoms with Crippen LogP contribution in [0.25, 0.3) is 16.8 Å². The normalized spacial score (nSPS) is 11.6. The summed E-state index contributed by atoms with van der Waals surface area (Å²) in [5.41, 5.74) is 3.23. The lowest BCUT2D eigenvalue weighted by molar-refractivity contribution is 0.0940. The molecule has 0 aliphatic carbocycles. The fraction of sp³-hybridized carbons (Fsp3) is 0.300. The van der Waals surface area contributed by atoms with E-state index in [2.05, 4.69) is 36.3 Å². The van der Waals surface area contributed by atoms with Gasteiger partial charge in [0.25, 0.3) is 0 Å². The van der Waals surface area contributed by atoms with Crippen LogP contribution < -0.4 is 0 Å². The van der Waals surface area contributed by atoms with Crippen molar-refractivity contribution in [2.45, 2.75) is 34.1 Å². The Hall–Kier alpha value is -2.53. The molecule has 0 aliphatic rings. The van der Waals surface area contributed by atoms with Gasteiger partial charge >= 0.3 is 0 Å². The van der Waals surface area contributed by atoms with Crippen LogP contribution in [0.1, 0.15) is 43.4 Å². The van der Waals surface area contributed by atoms with Crippen LogP contribution in [0.4, 0.5) is 0 Å². The third-order valence-electron chi connectivity index (χ3n) is 3.98. The molecule has 26 heavy (non-hydrogen) atoms. The number of tetrazole rings is 1. The third kappa shape index (κ3) is 4.17. The standard InChI is InChI=1S/C20H21ClN4O/c1-13-22-23-24-25(13)18-10-15(14-5-7-17(21)8-6-14)9-16(11-18)19(26)12-20(2,3)4/h5-11H,12H2,1-4H3. The van der Waals surface area contributed by atoms with E-state index in [0.29, 0.717) is 22.8 Å². The van der Waals surface area contributed by atoms with Crippen LogP contribution in [0.2, 0.25) is 5.02 Å². The van der Waals surface area contributed by atoms with Gasteiger partial charge in [-0.15, -0.1) is 5.10 Å². The molecule has 0 saturated heterocycles. The third-order valence-corrected chi connectivity index (χ3v) is 4.23. The Kier molecular flexibility index (Phi) is 4.92. The molecule has 0 radical (unpaired) electrons. The summed E-state index contributed by atoms with van der Waals surface area (Å²) < 4.78 is 1.63. The highest BCUT2D eigenvalue weighted by molar-refractivity contribution is 6.30. The summed E-state index contributed by atoms with van der Waals surface area (Å²) in [5.74, 6) is 0.757. The van der Waals surface area contributed by atoms with Crippen LogP contribution in [-0.4, -0.2) is 26.0 Å². The van der Waals surface area contributed by atoms with Crippen molar-refractivity contribution in [1.29, 1.82) is 0 Å². The highest BCUT2D eigenvalue weighted by Gasteiger charge is 2.19. The highest BCUT2D eigenvalue weighted by Crippen LogP contribution is 2.28. The average Bonchev–Trinajstić information content (AvgIpc) is 2.99. The minimum atomic E-state index is -0.0851. The van der Waals surface area contributed by atoms with E-state index in [-0.39, 0.29) is 11.2 Å². The Morgan fingerprint density at radius 2 is 1.77 bits per heavy atom. The number of hydrogen-bond acceptors (Lipinski definition) is 4. The minimum Gasteiger partial charge on any atom is -0.294 e. The first-order valence-electron chi connectivity index (χ1n) is 8.42. The van der Waals surface area contributed by atoms with Crippen molar-refractivity contribution >= 4 is 17.4 Å². The lowest BCUT2D eigenvalue weighted by Crippen LogP contribution is -2.13. The number of ketones is 1. The van der Waals surface area contributed by atoms with Crippen molar-refractivity contribution in [3.8, 4) is 16.8 Å². The molecule has 0 spiro atoms. The van der Waals surface area contributed by atoms with Crippen molar-refractivity contribution in [1.82, 2.24) is 20.2 Å². The molecule has 2 aromatic carbocycles. The SMILES string of the molecule is Cc1nnnn1-c1cc(C(=O)CC(C)(C)C)cc(-c2ccc(Cl)cc2)c1. The molecular weight excluding hydrogens is 348 g/mol. The first-order chi connectivity index (χ1) is 12.2. The van der Waals surface area contributed by atoms with Crippen LogP contribution in [0.3, 0.4) is 0 Å². The smallest absolute Gasteiger partial charge is 0.163 e. The molecule has 134 valence electrons. The predicted molar refractivity (Wildman–Crippen MR) is 103 cm³/mol. The Morgan fingerprint density at radius 3 is 2.35 bits per heavy atom. The largest absolute Gasteiger partial charge is 0.294 e. The van der Waals surface area contributed by atoms with E-state index in [4.69, 9.17) is 11.6 Å². The molecule has 6 heteroatoms. The van der Waals surface area contributed by atoms with Gasteiger partial charge in [-0.05, 0) is 64.2 Å². The maximum Gasteiger partial charge on any atom is 0.163 e. The number of rotatable bonds is 4. The van der Waals surface area contributed by atoms with Gasteiger partial charge in [0.1, 0.15) is 0 Å². The molecule has 5 nitrogen and oxygen atoms in total. The van der Waals surface area contributed by atoms with Crippen LogP contribution >= 0.6 is 11.6 Å². The summed E-state index contributed by atoms with van der Waals surface area (Å²) in [7, 11) is 0. The van der Waals surface area contributed by atoms with Crippen LogP contribution in [0.5, 0.6) is 0 Å². The van der Waals surface area contributed by atoms with Crippen molar-refractivity contribution in [3.05, 3.63) is 58.9 Å². The van der Waals surface area contributed by atoms with Crippen LogP contribution in [0.15, 0.2) is 42.5 Å². The number of aromatic nitrogens is 4. The number of benzene rings is 2. The van der Waals surface area contributed by atoms with Gasteiger partial charge in [-0.2, -0.15) is 4.68 Å². The summed E-state index contributed by atoms with van der Waals surface area (Å²) in [6.07, 6.45) is 0.463. The second-order valence-corrected chi connectivity index (χ2v) is 8.01. The molecule has 0 aliphatic heterocycles. The molecule has 0 unspecified atom stereocenters. The van der Waals surface area contributed by atoms with Gasteiger partial charge in [0.15, 0.2) is 11.6 Å². The molecule has 0 amide bonds. The van der Waals surface area contributed by atoms with Crippen molar-refractivity contribution in [3.63, 3.8) is 0 Å². The number of carbonyl (C=O) groups is 1. The van der Waals surface area contributed by atoms with Crippen LogP contribution in [0, 0.1) is 12.3 Å². The second kappa shape index (κ2) is 7.00. The van der Waals surface area contributed by atoms with Crippen molar-refractivity contribution in [2.75, 3.05) is 0 Å². The molecule has 1 aromatic heterocycles. The van der Waals surface area contributed by atoms with Gasteiger partial charge in [0.2, 0.25) is 0 Å². The Labute approximate surface area is 158 Å². The number of nitrogens with zero attached hydrogens (tertiary/aromatic N) is 4. The number of hydrogen-bond donors (Lipinski definition) is 0. The molecule has 0 fully saturated rings. The van der Waals surface area contributed by atoms with Gasteiger partial charge in [0, 0.05) is 17.0 Å². The number of carbonyl (C=O) groups excluding carboxylic acids is 1. The molecule has 0 saturated carbocycles. The zero-order chi connectivity index (χ0) is 18.9. The van der Waals surface area contributed by atoms with E-state index >= 15 is 0 Å². The molecular formula is C20H21ClN4O. The highest BCUT2D eigenvalue weighted by atomic mass is 35.5. The summed E-state index contributed by atoms with van der Waals surface area (Å²) in [6, 6.07) is 13.3. The van der Waals surface area contributed by atoms with Crippen LogP contribution in [-0.2, 0) is 0 Å².